The molecule has 2 nitrogen and oxygen atoms in total. The molecule has 3 aromatic rings. The fraction of sp³-hybridized carbons (Fsp3) is 0.125. The van der Waals surface area contributed by atoms with Crippen molar-refractivity contribution in [2.24, 2.45) is 0 Å². The molecule has 0 N–H and O–H groups in total. The summed E-state index contributed by atoms with van der Waals surface area (Å²) < 4.78 is 14.0. The molecule has 0 aliphatic heterocycles. The van der Waals surface area contributed by atoms with Gasteiger partial charge in [0.2, 0.25) is 0 Å². The van der Waals surface area contributed by atoms with Crippen molar-refractivity contribution >= 4 is 27.2 Å². The number of thiophene rings is 1. The molecule has 3 rings (SSSR count). The van der Waals surface area contributed by atoms with E-state index in [9.17, 15) is 9.18 Å². The molecular weight excluding hydrogens is 273 g/mol. The predicted octanol–water partition coefficient (Wildman–Crippen LogP) is 4.42. The van der Waals surface area contributed by atoms with Gasteiger partial charge in [-0.25, -0.2) is 4.39 Å². The number of hydrogen-bond donors (Lipinski definition) is 0. The van der Waals surface area contributed by atoms with Crippen molar-refractivity contribution in [2.75, 3.05) is 0 Å². The summed E-state index contributed by atoms with van der Waals surface area (Å²) >= 11 is 1.34. The van der Waals surface area contributed by atoms with E-state index in [0.717, 1.165) is 15.6 Å². The van der Waals surface area contributed by atoms with Crippen LogP contribution in [0.4, 0.5) is 4.39 Å². The molecule has 1 atom stereocenters. The number of aromatic nitrogens is 1. The van der Waals surface area contributed by atoms with Gasteiger partial charge in [0.1, 0.15) is 5.82 Å². The highest BCUT2D eigenvalue weighted by Gasteiger charge is 2.19. The zero-order valence-corrected chi connectivity index (χ0v) is 11.7. The SMILES string of the molecule is CC(C(=O)c1cc2ccc(F)cc2s1)c1ccncc1. The summed E-state index contributed by atoms with van der Waals surface area (Å²) in [6.07, 6.45) is 3.36. The fourth-order valence-corrected chi connectivity index (χ4v) is 3.26. The summed E-state index contributed by atoms with van der Waals surface area (Å²) in [7, 11) is 0. The van der Waals surface area contributed by atoms with Crippen molar-refractivity contribution in [2.45, 2.75) is 12.8 Å². The fourth-order valence-electron chi connectivity index (χ4n) is 2.14. The van der Waals surface area contributed by atoms with Crippen molar-refractivity contribution in [3.8, 4) is 0 Å². The summed E-state index contributed by atoms with van der Waals surface area (Å²) in [6, 6.07) is 10.1. The number of fused-ring (bicyclic) bond motifs is 1. The second kappa shape index (κ2) is 5.13. The van der Waals surface area contributed by atoms with Crippen LogP contribution in [0.1, 0.15) is 28.1 Å². The molecule has 0 saturated carbocycles. The van der Waals surface area contributed by atoms with Crippen LogP contribution in [0.25, 0.3) is 10.1 Å². The lowest BCUT2D eigenvalue weighted by Crippen LogP contribution is -2.07. The normalized spacial score (nSPS) is 12.5. The Hall–Kier alpha value is -2.07. The van der Waals surface area contributed by atoms with Gasteiger partial charge < -0.3 is 0 Å². The quantitative estimate of drug-likeness (QED) is 0.667. The Morgan fingerprint density at radius 1 is 1.20 bits per heavy atom. The van der Waals surface area contributed by atoms with Gasteiger partial charge in [0.05, 0.1) is 4.88 Å². The van der Waals surface area contributed by atoms with Gasteiger partial charge in [-0.3, -0.25) is 9.78 Å². The van der Waals surface area contributed by atoms with E-state index in [1.807, 2.05) is 25.1 Å². The number of ketones is 1. The van der Waals surface area contributed by atoms with Crippen LogP contribution in [0.5, 0.6) is 0 Å². The van der Waals surface area contributed by atoms with Crippen molar-refractivity contribution in [3.63, 3.8) is 0 Å². The first-order valence-electron chi connectivity index (χ1n) is 6.28. The van der Waals surface area contributed by atoms with Gasteiger partial charge >= 0.3 is 0 Å². The molecule has 0 bridgehead atoms. The largest absolute Gasteiger partial charge is 0.293 e. The smallest absolute Gasteiger partial charge is 0.179 e. The van der Waals surface area contributed by atoms with E-state index in [4.69, 9.17) is 0 Å². The molecule has 0 amide bonds. The van der Waals surface area contributed by atoms with Gasteiger partial charge in [-0.05, 0) is 41.3 Å². The number of carbonyl (C=O) groups is 1. The standard InChI is InChI=1S/C16H12FNOS/c1-10(11-4-6-18-7-5-11)16(19)15-8-12-2-3-13(17)9-14(12)20-15/h2-10H,1H3. The van der Waals surface area contributed by atoms with E-state index in [0.29, 0.717) is 4.88 Å². The van der Waals surface area contributed by atoms with E-state index in [-0.39, 0.29) is 17.5 Å². The molecule has 2 aromatic heterocycles. The lowest BCUT2D eigenvalue weighted by atomic mass is 9.97. The van der Waals surface area contributed by atoms with Gasteiger partial charge in [0, 0.05) is 23.0 Å². The molecule has 100 valence electrons. The average molecular weight is 285 g/mol. The molecule has 0 spiro atoms. The van der Waals surface area contributed by atoms with Gasteiger partial charge in [-0.2, -0.15) is 0 Å². The van der Waals surface area contributed by atoms with Gasteiger partial charge in [-0.1, -0.05) is 13.0 Å². The first-order valence-corrected chi connectivity index (χ1v) is 7.10. The number of Topliss-reactive ketones (excluding diaryl/α,β-unsaturated/α-hetero) is 1. The third kappa shape index (κ3) is 2.34. The van der Waals surface area contributed by atoms with Gasteiger partial charge in [-0.15, -0.1) is 11.3 Å². The predicted molar refractivity (Wildman–Crippen MR) is 78.8 cm³/mol. The zero-order chi connectivity index (χ0) is 14.1. The minimum absolute atomic E-state index is 0.0535. The van der Waals surface area contributed by atoms with Crippen LogP contribution in [0.3, 0.4) is 0 Å². The lowest BCUT2D eigenvalue weighted by Gasteiger charge is -2.08. The van der Waals surface area contributed by atoms with Crippen molar-refractivity contribution in [1.82, 2.24) is 4.98 Å². The molecule has 20 heavy (non-hydrogen) atoms. The van der Waals surface area contributed by atoms with E-state index in [1.165, 1.54) is 23.5 Å². The van der Waals surface area contributed by atoms with Gasteiger partial charge in [0.25, 0.3) is 0 Å². The summed E-state index contributed by atoms with van der Waals surface area (Å²) in [5, 5.41) is 0.904. The molecule has 0 fully saturated rings. The third-order valence-electron chi connectivity index (χ3n) is 3.32. The van der Waals surface area contributed by atoms with Crippen molar-refractivity contribution in [3.05, 3.63) is 65.0 Å². The highest BCUT2D eigenvalue weighted by atomic mass is 32.1. The van der Waals surface area contributed by atoms with Crippen LogP contribution in [0, 0.1) is 5.82 Å². The molecule has 0 aliphatic carbocycles. The molecule has 1 unspecified atom stereocenters. The number of rotatable bonds is 3. The number of nitrogens with zero attached hydrogens (tertiary/aromatic N) is 1. The van der Waals surface area contributed by atoms with E-state index >= 15 is 0 Å². The third-order valence-corrected chi connectivity index (χ3v) is 4.44. The number of hydrogen-bond acceptors (Lipinski definition) is 3. The maximum Gasteiger partial charge on any atom is 0.179 e. The lowest BCUT2D eigenvalue weighted by molar-refractivity contribution is 0.0970. The van der Waals surface area contributed by atoms with E-state index in [1.54, 1.807) is 18.5 Å². The summed E-state index contributed by atoms with van der Waals surface area (Å²) in [6.45, 7) is 1.88. The highest BCUT2D eigenvalue weighted by molar-refractivity contribution is 7.20. The maximum absolute atomic E-state index is 13.2. The Morgan fingerprint density at radius 2 is 1.95 bits per heavy atom. The Labute approximate surface area is 119 Å². The van der Waals surface area contributed by atoms with Gasteiger partial charge in [0.15, 0.2) is 5.78 Å². The molecule has 0 radical (unpaired) electrons. The monoisotopic (exact) mass is 285 g/mol. The Bertz CT molecular complexity index is 767. The Balaban J connectivity index is 1.96. The molecular formula is C16H12FNOS. The summed E-state index contributed by atoms with van der Waals surface area (Å²) in [5.41, 5.74) is 0.939. The molecule has 2 heterocycles. The van der Waals surface area contributed by atoms with Crippen LogP contribution in [0.2, 0.25) is 0 Å². The molecule has 0 saturated heterocycles. The topological polar surface area (TPSA) is 30.0 Å². The number of benzene rings is 1. The van der Waals surface area contributed by atoms with Crippen LogP contribution >= 0.6 is 11.3 Å². The van der Waals surface area contributed by atoms with Crippen LogP contribution in [-0.2, 0) is 0 Å². The molecule has 4 heteroatoms. The summed E-state index contributed by atoms with van der Waals surface area (Å²) in [4.78, 5) is 17.1. The minimum Gasteiger partial charge on any atom is -0.293 e. The first kappa shape index (κ1) is 12.9. The minimum atomic E-state index is -0.277. The van der Waals surface area contributed by atoms with Crippen molar-refractivity contribution < 1.29 is 9.18 Å². The number of pyridine rings is 1. The van der Waals surface area contributed by atoms with E-state index in [2.05, 4.69) is 4.98 Å². The second-order valence-corrected chi connectivity index (χ2v) is 5.74. The van der Waals surface area contributed by atoms with E-state index < -0.39 is 0 Å². The highest BCUT2D eigenvalue weighted by Crippen LogP contribution is 2.30. The Morgan fingerprint density at radius 3 is 2.70 bits per heavy atom. The molecule has 0 aliphatic rings. The van der Waals surface area contributed by atoms with Crippen molar-refractivity contribution in [1.29, 1.82) is 0 Å². The average Bonchev–Trinajstić information content (AvgIpc) is 2.89. The zero-order valence-electron chi connectivity index (χ0n) is 10.8. The summed E-state index contributed by atoms with van der Waals surface area (Å²) in [5.74, 6) is -0.450. The van der Waals surface area contributed by atoms with Crippen LogP contribution in [0.15, 0.2) is 48.8 Å². The second-order valence-electron chi connectivity index (χ2n) is 4.66. The van der Waals surface area contributed by atoms with Crippen LogP contribution in [-0.4, -0.2) is 10.8 Å². The van der Waals surface area contributed by atoms with Crippen LogP contribution < -0.4 is 0 Å². The maximum atomic E-state index is 13.2. The Kier molecular flexibility index (Phi) is 3.32. The number of carbonyl (C=O) groups excluding carboxylic acids is 1. The molecule has 1 aromatic carbocycles. The first-order chi connectivity index (χ1) is 9.65. The number of halogens is 1.